The third kappa shape index (κ3) is 56.9. The Kier molecular flexibility index (Phi) is 50.9. The number of carbonyl (C=O) groups is 2. The van der Waals surface area contributed by atoms with Gasteiger partial charge in [-0.15, -0.1) is 0 Å². The van der Waals surface area contributed by atoms with Crippen LogP contribution < -0.4 is 4.89 Å². The highest BCUT2D eigenvalue weighted by Gasteiger charge is 2.22. The number of phosphoric ester groups is 1. The van der Waals surface area contributed by atoms with Gasteiger partial charge in [0.15, 0.2) is 6.10 Å². The molecule has 0 saturated heterocycles. The number of nitrogens with zero attached hydrogens (tertiary/aromatic N) is 1. The van der Waals surface area contributed by atoms with Crippen LogP contribution >= 0.6 is 7.82 Å². The predicted molar refractivity (Wildman–Crippen MR) is 300 cm³/mol. The molecule has 0 radical (unpaired) electrons. The lowest BCUT2D eigenvalue weighted by atomic mass is 10.0. The Bertz CT molecular complexity index is 1380. The van der Waals surface area contributed by atoms with Crippen LogP contribution in [0, 0.1) is 0 Å². The van der Waals surface area contributed by atoms with Crippen LogP contribution in [0.2, 0.25) is 0 Å². The van der Waals surface area contributed by atoms with E-state index in [1.54, 1.807) is 0 Å². The monoisotopic (exact) mass is 1020 g/mol. The Labute approximate surface area is 438 Å². The van der Waals surface area contributed by atoms with Crippen molar-refractivity contribution in [1.29, 1.82) is 0 Å². The van der Waals surface area contributed by atoms with Gasteiger partial charge in [-0.1, -0.05) is 254 Å². The molecule has 2 atom stereocenters. The number of likely N-dealkylation sites (N-methyl/N-ethyl adjacent to an activating group) is 1. The topological polar surface area (TPSA) is 111 Å². The van der Waals surface area contributed by atoms with Crippen molar-refractivity contribution in [3.8, 4) is 0 Å². The molecule has 10 heteroatoms. The van der Waals surface area contributed by atoms with E-state index >= 15 is 0 Å². The van der Waals surface area contributed by atoms with Crippen LogP contribution in [-0.2, 0) is 32.7 Å². The number of unbranched alkanes of at least 4 members (excludes halogenated alkanes) is 30. The first-order valence-electron chi connectivity index (χ1n) is 29.5. The molecule has 0 aromatic carbocycles. The highest BCUT2D eigenvalue weighted by molar-refractivity contribution is 7.45. The van der Waals surface area contributed by atoms with Gasteiger partial charge in [-0.25, -0.2) is 0 Å². The second kappa shape index (κ2) is 52.6. The van der Waals surface area contributed by atoms with Crippen LogP contribution in [0.15, 0.2) is 60.8 Å². The Balaban J connectivity index is 4.13. The molecule has 0 amide bonds. The first kappa shape index (κ1) is 68.7. The number of quaternary nitrogens is 1. The largest absolute Gasteiger partial charge is 0.756 e. The highest BCUT2D eigenvalue weighted by Crippen LogP contribution is 2.38. The Morgan fingerprint density at radius 1 is 0.451 bits per heavy atom. The highest BCUT2D eigenvalue weighted by atomic mass is 31.2. The molecule has 0 saturated carbocycles. The van der Waals surface area contributed by atoms with Gasteiger partial charge in [-0.05, 0) is 57.8 Å². The molecule has 0 aliphatic rings. The van der Waals surface area contributed by atoms with Crippen molar-refractivity contribution in [1.82, 2.24) is 0 Å². The zero-order valence-electron chi connectivity index (χ0n) is 46.9. The zero-order valence-corrected chi connectivity index (χ0v) is 47.8. The van der Waals surface area contributed by atoms with E-state index in [9.17, 15) is 19.0 Å². The lowest BCUT2D eigenvalue weighted by molar-refractivity contribution is -0.870. The molecule has 2 unspecified atom stereocenters. The minimum Gasteiger partial charge on any atom is -0.756 e. The molecule has 0 aromatic rings. The smallest absolute Gasteiger partial charge is 0.306 e. The maximum Gasteiger partial charge on any atom is 0.306 e. The number of allylic oxidation sites excluding steroid dienone is 10. The fourth-order valence-electron chi connectivity index (χ4n) is 8.27. The van der Waals surface area contributed by atoms with E-state index in [1.165, 1.54) is 161 Å². The molecule has 0 bridgehead atoms. The summed E-state index contributed by atoms with van der Waals surface area (Å²) in [5.74, 6) is -0.864. The van der Waals surface area contributed by atoms with E-state index in [4.69, 9.17) is 18.5 Å². The minimum absolute atomic E-state index is 0.0387. The lowest BCUT2D eigenvalue weighted by Crippen LogP contribution is -2.37. The fraction of sp³-hybridized carbons (Fsp3) is 0.803. The minimum atomic E-state index is -4.65. The second-order valence-electron chi connectivity index (χ2n) is 21.0. The average Bonchev–Trinajstić information content (AvgIpc) is 3.33. The van der Waals surface area contributed by atoms with Crippen molar-refractivity contribution in [2.24, 2.45) is 0 Å². The molecule has 0 N–H and O–H groups in total. The van der Waals surface area contributed by atoms with Crippen LogP contribution in [0.4, 0.5) is 0 Å². The van der Waals surface area contributed by atoms with E-state index in [0.29, 0.717) is 17.4 Å². The zero-order chi connectivity index (χ0) is 52.0. The number of hydrogen-bond acceptors (Lipinski definition) is 8. The van der Waals surface area contributed by atoms with Gasteiger partial charge < -0.3 is 27.9 Å². The van der Waals surface area contributed by atoms with Crippen molar-refractivity contribution in [3.05, 3.63) is 60.8 Å². The van der Waals surface area contributed by atoms with Crippen molar-refractivity contribution < 1.29 is 42.1 Å². The normalized spacial score (nSPS) is 13.7. The Morgan fingerprint density at radius 3 is 1.20 bits per heavy atom. The lowest BCUT2D eigenvalue weighted by Gasteiger charge is -2.28. The summed E-state index contributed by atoms with van der Waals surface area (Å²) < 4.78 is 34.1. The summed E-state index contributed by atoms with van der Waals surface area (Å²) in [4.78, 5) is 37.8. The molecular formula is C61H112NO8P. The maximum atomic E-state index is 12.8. The standard InChI is InChI=1S/C61H112NO8P/c1-6-8-10-12-14-16-18-20-22-24-26-27-28-29-30-31-32-33-34-36-37-39-41-43-45-47-49-51-53-60(63)67-57-59(58-69-71(65,66)68-56-55-62(3,4)5)70-61(64)54-52-50-48-46-44-42-40-38-35-25-23-21-19-17-15-13-11-9-7-2/h9,11,15,17,21,23,35,38,42,44,59H,6-8,10,12-14,16,18-20,22,24-34,36-37,39-41,43,45-58H2,1-5H3/b11-9-,17-15-,23-21-,38-35-,44-42-. The van der Waals surface area contributed by atoms with Gasteiger partial charge in [0.25, 0.3) is 7.82 Å². The third-order valence-corrected chi connectivity index (χ3v) is 13.8. The molecule has 71 heavy (non-hydrogen) atoms. The second-order valence-corrected chi connectivity index (χ2v) is 22.4. The average molecular weight is 1020 g/mol. The molecule has 0 heterocycles. The summed E-state index contributed by atoms with van der Waals surface area (Å²) in [5.41, 5.74) is 0. The first-order valence-corrected chi connectivity index (χ1v) is 31.0. The van der Waals surface area contributed by atoms with E-state index < -0.39 is 26.5 Å². The molecule has 0 aliphatic carbocycles. The first-order chi connectivity index (χ1) is 34.5. The van der Waals surface area contributed by atoms with Gasteiger partial charge in [-0.3, -0.25) is 14.2 Å². The molecule has 414 valence electrons. The predicted octanol–water partition coefficient (Wildman–Crippen LogP) is 17.7. The van der Waals surface area contributed by atoms with Gasteiger partial charge in [0.2, 0.25) is 0 Å². The van der Waals surface area contributed by atoms with Gasteiger partial charge in [-0.2, -0.15) is 0 Å². The van der Waals surface area contributed by atoms with Crippen LogP contribution in [0.1, 0.15) is 264 Å². The number of ether oxygens (including phenoxy) is 2. The van der Waals surface area contributed by atoms with Crippen molar-refractivity contribution >= 4 is 19.8 Å². The van der Waals surface area contributed by atoms with Gasteiger partial charge in [0, 0.05) is 12.8 Å². The van der Waals surface area contributed by atoms with Crippen LogP contribution in [0.3, 0.4) is 0 Å². The number of hydrogen-bond donors (Lipinski definition) is 0. The number of rotatable bonds is 54. The summed E-state index contributed by atoms with van der Waals surface area (Å²) in [5, 5.41) is 0. The quantitative estimate of drug-likeness (QED) is 0.0195. The molecule has 9 nitrogen and oxygen atoms in total. The van der Waals surface area contributed by atoms with E-state index in [1.807, 2.05) is 21.1 Å². The molecule has 0 aromatic heterocycles. The van der Waals surface area contributed by atoms with Crippen molar-refractivity contribution in [3.63, 3.8) is 0 Å². The van der Waals surface area contributed by atoms with Gasteiger partial charge in [0.05, 0.1) is 27.7 Å². The third-order valence-electron chi connectivity index (χ3n) is 12.8. The maximum absolute atomic E-state index is 12.8. The molecular weight excluding hydrogens is 906 g/mol. The van der Waals surface area contributed by atoms with Crippen molar-refractivity contribution in [2.75, 3.05) is 47.5 Å². The summed E-state index contributed by atoms with van der Waals surface area (Å²) in [7, 11) is 1.14. The molecule has 0 aliphatic heterocycles. The number of esters is 2. The molecule has 0 fully saturated rings. The van der Waals surface area contributed by atoms with Gasteiger partial charge >= 0.3 is 11.9 Å². The van der Waals surface area contributed by atoms with E-state index in [2.05, 4.69) is 74.6 Å². The van der Waals surface area contributed by atoms with Gasteiger partial charge in [0.1, 0.15) is 19.8 Å². The van der Waals surface area contributed by atoms with E-state index in [-0.39, 0.29) is 32.0 Å². The SMILES string of the molecule is CC/C=C\C/C=C\C/C=C\C/C=C\C/C=C\CCCCCC(=O)OC(COC(=O)CCCCCCCCCCCCCCCCCCCCCCCCCCCCCC)COP(=O)([O-])OCC[N+](C)(C)C. The Morgan fingerprint density at radius 2 is 0.803 bits per heavy atom. The summed E-state index contributed by atoms with van der Waals surface area (Å²) in [6.07, 6.45) is 67.1. The van der Waals surface area contributed by atoms with E-state index in [0.717, 1.165) is 70.6 Å². The fourth-order valence-corrected chi connectivity index (χ4v) is 9.00. The van der Waals surface area contributed by atoms with Crippen LogP contribution in [0.5, 0.6) is 0 Å². The molecule has 0 rings (SSSR count). The molecule has 0 spiro atoms. The number of phosphoric acid groups is 1. The number of carbonyl (C=O) groups excluding carboxylic acids is 2. The summed E-state index contributed by atoms with van der Waals surface area (Å²) in [6, 6.07) is 0. The van der Waals surface area contributed by atoms with Crippen molar-refractivity contribution in [2.45, 2.75) is 270 Å². The van der Waals surface area contributed by atoms with Crippen LogP contribution in [0.25, 0.3) is 0 Å². The van der Waals surface area contributed by atoms with Crippen LogP contribution in [-0.4, -0.2) is 70.0 Å². The summed E-state index contributed by atoms with van der Waals surface area (Å²) >= 11 is 0. The summed E-state index contributed by atoms with van der Waals surface area (Å²) in [6.45, 7) is 4.11. The Hall–Kier alpha value is -2.29.